The number of aromatic nitrogens is 4. The van der Waals surface area contributed by atoms with Crippen LogP contribution in [0, 0.1) is 6.92 Å². The van der Waals surface area contributed by atoms with Gasteiger partial charge in [-0.25, -0.2) is 0 Å². The number of nitrogens with one attached hydrogen (secondary N) is 2. The first kappa shape index (κ1) is 16.4. The Morgan fingerprint density at radius 1 is 1.40 bits per heavy atom. The van der Waals surface area contributed by atoms with Gasteiger partial charge in [0.1, 0.15) is 0 Å². The highest BCUT2D eigenvalue weighted by Crippen LogP contribution is 1.96. The van der Waals surface area contributed by atoms with Gasteiger partial charge in [0.2, 0.25) is 5.89 Å². The molecule has 0 fully saturated rings. The summed E-state index contributed by atoms with van der Waals surface area (Å²) in [6, 6.07) is 1.95. The molecule has 110 valence electrons. The predicted molar refractivity (Wildman–Crippen MR) is 84.7 cm³/mol. The molecule has 2 rings (SSSR count). The van der Waals surface area contributed by atoms with E-state index in [0.717, 1.165) is 5.69 Å². The summed E-state index contributed by atoms with van der Waals surface area (Å²) in [6.07, 6.45) is 1.76. The Labute approximate surface area is 134 Å². The fourth-order valence-electron chi connectivity index (χ4n) is 1.55. The minimum Gasteiger partial charge on any atom is -0.351 e. The lowest BCUT2D eigenvalue weighted by atomic mass is 10.4. The van der Waals surface area contributed by atoms with Crippen molar-refractivity contribution in [2.75, 3.05) is 7.05 Å². The molecule has 0 amide bonds. The smallest absolute Gasteiger partial charge is 0.223 e. The van der Waals surface area contributed by atoms with Crippen molar-refractivity contribution in [2.24, 2.45) is 12.0 Å². The highest BCUT2D eigenvalue weighted by molar-refractivity contribution is 14.0. The Balaban J connectivity index is 0.00000200. The van der Waals surface area contributed by atoms with Crippen molar-refractivity contribution < 1.29 is 4.52 Å². The van der Waals surface area contributed by atoms with Crippen LogP contribution >= 0.6 is 24.0 Å². The van der Waals surface area contributed by atoms with Gasteiger partial charge in [-0.05, 0) is 6.07 Å². The van der Waals surface area contributed by atoms with Crippen LogP contribution in [0.15, 0.2) is 21.8 Å². The van der Waals surface area contributed by atoms with Crippen molar-refractivity contribution in [1.29, 1.82) is 0 Å². The van der Waals surface area contributed by atoms with E-state index in [1.165, 1.54) is 0 Å². The first-order valence-electron chi connectivity index (χ1n) is 5.89. The Hall–Kier alpha value is -1.65. The second-order valence-electron chi connectivity index (χ2n) is 3.96. The lowest BCUT2D eigenvalue weighted by Crippen LogP contribution is -2.37. The minimum absolute atomic E-state index is 0. The molecule has 0 spiro atoms. The van der Waals surface area contributed by atoms with Gasteiger partial charge in [0, 0.05) is 27.2 Å². The van der Waals surface area contributed by atoms with Gasteiger partial charge >= 0.3 is 0 Å². The molecule has 0 aliphatic heterocycles. The minimum atomic E-state index is 0. The zero-order chi connectivity index (χ0) is 13.7. The number of halogens is 1. The van der Waals surface area contributed by atoms with Crippen LogP contribution in [0.5, 0.6) is 0 Å². The van der Waals surface area contributed by atoms with Crippen LogP contribution in [0.4, 0.5) is 0 Å². The van der Waals surface area contributed by atoms with E-state index in [1.807, 2.05) is 17.8 Å². The summed E-state index contributed by atoms with van der Waals surface area (Å²) in [5.41, 5.74) is 1.07. The van der Waals surface area contributed by atoms with Gasteiger partial charge in [-0.3, -0.25) is 9.67 Å². The Kier molecular flexibility index (Phi) is 6.42. The molecule has 0 bridgehead atoms. The fraction of sp³-hybridized carbons (Fsp3) is 0.455. The zero-order valence-electron chi connectivity index (χ0n) is 11.6. The van der Waals surface area contributed by atoms with E-state index in [9.17, 15) is 0 Å². The van der Waals surface area contributed by atoms with Crippen LogP contribution in [0.3, 0.4) is 0 Å². The predicted octanol–water partition coefficient (Wildman–Crippen LogP) is 0.595. The van der Waals surface area contributed by atoms with Crippen molar-refractivity contribution in [2.45, 2.75) is 20.0 Å². The fourth-order valence-corrected chi connectivity index (χ4v) is 1.55. The number of hydrogen-bond acceptors (Lipinski definition) is 5. The maximum Gasteiger partial charge on any atom is 0.223 e. The van der Waals surface area contributed by atoms with Crippen molar-refractivity contribution in [3.63, 3.8) is 0 Å². The normalized spacial score (nSPS) is 11.1. The third-order valence-corrected chi connectivity index (χ3v) is 2.57. The number of rotatable bonds is 4. The molecule has 8 nitrogen and oxygen atoms in total. The highest BCUT2D eigenvalue weighted by atomic mass is 127. The summed E-state index contributed by atoms with van der Waals surface area (Å²) in [6.45, 7) is 2.86. The third kappa shape index (κ3) is 4.47. The summed E-state index contributed by atoms with van der Waals surface area (Å²) >= 11 is 0. The van der Waals surface area contributed by atoms with Crippen LogP contribution in [-0.4, -0.2) is 32.9 Å². The molecule has 9 heteroatoms. The van der Waals surface area contributed by atoms with Gasteiger partial charge in [-0.15, -0.1) is 24.0 Å². The van der Waals surface area contributed by atoms with E-state index in [1.54, 1.807) is 20.2 Å². The average molecular weight is 391 g/mol. The number of aryl methyl sites for hydroxylation is 2. The molecule has 0 unspecified atom stereocenters. The van der Waals surface area contributed by atoms with E-state index in [-0.39, 0.29) is 24.0 Å². The van der Waals surface area contributed by atoms with E-state index in [2.05, 4.69) is 30.9 Å². The molecule has 2 aromatic heterocycles. The molecule has 20 heavy (non-hydrogen) atoms. The van der Waals surface area contributed by atoms with Crippen LogP contribution in [0.2, 0.25) is 0 Å². The zero-order valence-corrected chi connectivity index (χ0v) is 14.0. The Morgan fingerprint density at radius 2 is 2.15 bits per heavy atom. The molecule has 0 saturated heterocycles. The molecule has 2 N–H and O–H groups in total. The second-order valence-corrected chi connectivity index (χ2v) is 3.96. The third-order valence-electron chi connectivity index (χ3n) is 2.57. The average Bonchev–Trinajstić information content (AvgIpc) is 2.99. The van der Waals surface area contributed by atoms with Gasteiger partial charge < -0.3 is 15.2 Å². The lowest BCUT2D eigenvalue weighted by molar-refractivity contribution is 0.387. The van der Waals surface area contributed by atoms with E-state index in [0.29, 0.717) is 30.8 Å². The Morgan fingerprint density at radius 3 is 2.70 bits per heavy atom. The maximum atomic E-state index is 4.89. The van der Waals surface area contributed by atoms with Gasteiger partial charge in [0.05, 0.1) is 18.8 Å². The number of hydrogen-bond donors (Lipinski definition) is 2. The topological polar surface area (TPSA) is 93.2 Å². The molecular weight excluding hydrogens is 373 g/mol. The number of nitrogens with zero attached hydrogens (tertiary/aromatic N) is 5. The molecule has 0 aliphatic carbocycles. The Bertz CT molecular complexity index is 563. The molecule has 2 aromatic rings. The summed E-state index contributed by atoms with van der Waals surface area (Å²) in [7, 11) is 3.61. The van der Waals surface area contributed by atoms with Gasteiger partial charge in [0.15, 0.2) is 11.8 Å². The summed E-state index contributed by atoms with van der Waals surface area (Å²) in [5, 5.41) is 14.2. The number of guanidine groups is 1. The molecule has 0 aromatic carbocycles. The van der Waals surface area contributed by atoms with Crippen molar-refractivity contribution >= 4 is 29.9 Å². The van der Waals surface area contributed by atoms with E-state index < -0.39 is 0 Å². The molecule has 0 atom stereocenters. The second kappa shape index (κ2) is 7.82. The van der Waals surface area contributed by atoms with E-state index >= 15 is 0 Å². The lowest BCUT2D eigenvalue weighted by Gasteiger charge is -2.10. The van der Waals surface area contributed by atoms with Gasteiger partial charge in [-0.1, -0.05) is 5.16 Å². The molecule has 0 aliphatic rings. The van der Waals surface area contributed by atoms with Crippen LogP contribution < -0.4 is 10.6 Å². The first-order chi connectivity index (χ1) is 9.19. The van der Waals surface area contributed by atoms with Crippen molar-refractivity contribution in [3.05, 3.63) is 29.7 Å². The summed E-state index contributed by atoms with van der Waals surface area (Å²) in [4.78, 5) is 8.22. The highest BCUT2D eigenvalue weighted by Gasteiger charge is 2.04. The SMILES string of the molecule is CN=C(NCc1noc(C)n1)NCc1ccnn1C.I. The standard InChI is InChI=1S/C11H17N7O.HI/c1-8-16-10(17-19-8)7-14-11(12-2)13-6-9-4-5-15-18(9)3;/h4-5H,6-7H2,1-3H3,(H2,12,13,14);1H. The molecular formula is C11H18IN7O. The molecule has 0 saturated carbocycles. The largest absolute Gasteiger partial charge is 0.351 e. The number of aliphatic imine (C=N–C) groups is 1. The maximum absolute atomic E-state index is 4.89. The van der Waals surface area contributed by atoms with Crippen LogP contribution in [0.1, 0.15) is 17.4 Å². The quantitative estimate of drug-likeness (QED) is 0.451. The van der Waals surface area contributed by atoms with Crippen molar-refractivity contribution in [1.82, 2.24) is 30.6 Å². The molecule has 2 heterocycles. The van der Waals surface area contributed by atoms with Gasteiger partial charge in [0.25, 0.3) is 0 Å². The molecule has 0 radical (unpaired) electrons. The van der Waals surface area contributed by atoms with Crippen molar-refractivity contribution in [3.8, 4) is 0 Å². The van der Waals surface area contributed by atoms with Gasteiger partial charge in [-0.2, -0.15) is 10.1 Å². The van der Waals surface area contributed by atoms with Crippen LogP contribution in [-0.2, 0) is 20.1 Å². The van der Waals surface area contributed by atoms with Crippen LogP contribution in [0.25, 0.3) is 0 Å². The summed E-state index contributed by atoms with van der Waals surface area (Å²) in [5.74, 6) is 1.82. The monoisotopic (exact) mass is 391 g/mol. The first-order valence-corrected chi connectivity index (χ1v) is 5.89. The van der Waals surface area contributed by atoms with E-state index in [4.69, 9.17) is 4.52 Å². The summed E-state index contributed by atoms with van der Waals surface area (Å²) < 4.78 is 6.70.